The van der Waals surface area contributed by atoms with Crippen LogP contribution in [0.5, 0.6) is 5.75 Å². The smallest absolute Gasteiger partial charge is 0.255 e. The van der Waals surface area contributed by atoms with Crippen molar-refractivity contribution in [3.05, 3.63) is 94.3 Å². The standard InChI is InChI=1S/C27H27ClN4O3/c1-34-24-4-2-3-22(15-24)25(35-19-21-7-5-20(16-29)6-8-21)18-31-11-13-32(14-12-31)27(33)23-9-10-26(28)30-17-23/h2-10,15,17,25H,11-14,18-19H2,1H3. The van der Waals surface area contributed by atoms with Crippen molar-refractivity contribution in [2.24, 2.45) is 0 Å². The lowest BCUT2D eigenvalue weighted by Gasteiger charge is -2.36. The van der Waals surface area contributed by atoms with Crippen molar-refractivity contribution < 1.29 is 14.3 Å². The lowest BCUT2D eigenvalue weighted by atomic mass is 10.1. The topological polar surface area (TPSA) is 78.7 Å². The van der Waals surface area contributed by atoms with Crippen molar-refractivity contribution >= 4 is 17.5 Å². The van der Waals surface area contributed by atoms with Gasteiger partial charge in [0.15, 0.2) is 0 Å². The number of nitrogens with zero attached hydrogens (tertiary/aromatic N) is 4. The van der Waals surface area contributed by atoms with Crippen molar-refractivity contribution in [1.82, 2.24) is 14.8 Å². The Morgan fingerprint density at radius 1 is 1.11 bits per heavy atom. The number of piperazine rings is 1. The molecule has 2 heterocycles. The van der Waals surface area contributed by atoms with Gasteiger partial charge < -0.3 is 14.4 Å². The number of carbonyl (C=O) groups excluding carboxylic acids is 1. The zero-order chi connectivity index (χ0) is 24.6. The average Bonchev–Trinajstić information content (AvgIpc) is 2.91. The van der Waals surface area contributed by atoms with Crippen molar-refractivity contribution in [2.45, 2.75) is 12.7 Å². The Morgan fingerprint density at radius 3 is 2.54 bits per heavy atom. The van der Waals surface area contributed by atoms with Crippen LogP contribution in [0.25, 0.3) is 0 Å². The van der Waals surface area contributed by atoms with E-state index in [0.29, 0.717) is 42.5 Å². The van der Waals surface area contributed by atoms with E-state index in [-0.39, 0.29) is 12.0 Å². The van der Waals surface area contributed by atoms with Gasteiger partial charge in [-0.25, -0.2) is 4.98 Å². The molecule has 0 aliphatic carbocycles. The van der Waals surface area contributed by atoms with E-state index in [1.54, 1.807) is 31.4 Å². The number of aromatic nitrogens is 1. The predicted molar refractivity (Wildman–Crippen MR) is 133 cm³/mol. The predicted octanol–water partition coefficient (Wildman–Crippen LogP) is 4.33. The fraction of sp³-hybridized carbons (Fsp3) is 0.296. The number of methoxy groups -OCH3 is 1. The minimum Gasteiger partial charge on any atom is -0.497 e. The number of hydrogen-bond acceptors (Lipinski definition) is 6. The summed E-state index contributed by atoms with van der Waals surface area (Å²) in [5, 5.41) is 9.40. The van der Waals surface area contributed by atoms with Gasteiger partial charge in [0.05, 0.1) is 37.0 Å². The van der Waals surface area contributed by atoms with E-state index in [0.717, 1.165) is 30.0 Å². The Morgan fingerprint density at radius 2 is 1.89 bits per heavy atom. The summed E-state index contributed by atoms with van der Waals surface area (Å²) >= 11 is 5.84. The van der Waals surface area contributed by atoms with Crippen LogP contribution in [0.2, 0.25) is 5.15 Å². The van der Waals surface area contributed by atoms with Crippen LogP contribution in [-0.4, -0.2) is 60.5 Å². The summed E-state index contributed by atoms with van der Waals surface area (Å²) < 4.78 is 11.8. The molecule has 180 valence electrons. The normalized spacial score (nSPS) is 14.8. The summed E-state index contributed by atoms with van der Waals surface area (Å²) in [6.45, 7) is 3.86. The van der Waals surface area contributed by atoms with Crippen LogP contribution >= 0.6 is 11.6 Å². The molecule has 2 aromatic carbocycles. The molecule has 1 aromatic heterocycles. The first-order valence-electron chi connectivity index (χ1n) is 11.4. The maximum Gasteiger partial charge on any atom is 0.255 e. The molecule has 0 N–H and O–H groups in total. The van der Waals surface area contributed by atoms with Gasteiger partial charge in [-0.2, -0.15) is 5.26 Å². The third-order valence-corrected chi connectivity index (χ3v) is 6.28. The van der Waals surface area contributed by atoms with Gasteiger partial charge in [-0.15, -0.1) is 0 Å². The third kappa shape index (κ3) is 6.58. The summed E-state index contributed by atoms with van der Waals surface area (Å²) in [7, 11) is 1.65. The Hall–Kier alpha value is -3.44. The van der Waals surface area contributed by atoms with Crippen LogP contribution in [0.3, 0.4) is 0 Å². The van der Waals surface area contributed by atoms with E-state index in [1.165, 1.54) is 6.20 Å². The summed E-state index contributed by atoms with van der Waals surface area (Å²) in [6.07, 6.45) is 1.34. The van der Waals surface area contributed by atoms with E-state index in [9.17, 15) is 4.79 Å². The van der Waals surface area contributed by atoms with Crippen LogP contribution in [0.4, 0.5) is 0 Å². The van der Waals surface area contributed by atoms with Gasteiger partial charge in [0, 0.05) is 38.9 Å². The molecule has 0 spiro atoms. The van der Waals surface area contributed by atoms with Crippen LogP contribution in [0.1, 0.15) is 33.2 Å². The molecule has 4 rings (SSSR count). The molecular weight excluding hydrogens is 464 g/mol. The number of ether oxygens (including phenoxy) is 2. The summed E-state index contributed by atoms with van der Waals surface area (Å²) in [5.74, 6) is 0.747. The fourth-order valence-corrected chi connectivity index (χ4v) is 4.13. The van der Waals surface area contributed by atoms with Gasteiger partial charge in [0.2, 0.25) is 0 Å². The van der Waals surface area contributed by atoms with Gasteiger partial charge in [0.1, 0.15) is 10.9 Å². The first-order chi connectivity index (χ1) is 17.1. The average molecular weight is 491 g/mol. The number of halogens is 1. The Balaban J connectivity index is 1.40. The van der Waals surface area contributed by atoms with Crippen LogP contribution in [0.15, 0.2) is 66.9 Å². The minimum atomic E-state index is -0.177. The molecule has 0 radical (unpaired) electrons. The highest BCUT2D eigenvalue weighted by atomic mass is 35.5. The van der Waals surface area contributed by atoms with E-state index in [2.05, 4.69) is 16.0 Å². The van der Waals surface area contributed by atoms with E-state index < -0.39 is 0 Å². The van der Waals surface area contributed by atoms with Gasteiger partial charge in [0.25, 0.3) is 5.91 Å². The van der Waals surface area contributed by atoms with Gasteiger partial charge in [-0.1, -0.05) is 35.9 Å². The molecule has 3 aromatic rings. The number of carbonyl (C=O) groups is 1. The van der Waals surface area contributed by atoms with Crippen molar-refractivity contribution in [3.8, 4) is 11.8 Å². The van der Waals surface area contributed by atoms with Gasteiger partial charge >= 0.3 is 0 Å². The number of nitriles is 1. The largest absolute Gasteiger partial charge is 0.497 e. The molecule has 1 fully saturated rings. The maximum atomic E-state index is 12.8. The number of rotatable bonds is 8. The van der Waals surface area contributed by atoms with Crippen LogP contribution < -0.4 is 4.74 Å². The van der Waals surface area contributed by atoms with Crippen molar-refractivity contribution in [2.75, 3.05) is 39.8 Å². The lowest BCUT2D eigenvalue weighted by Crippen LogP contribution is -2.49. The molecule has 1 aliphatic rings. The Kier molecular flexibility index (Phi) is 8.32. The molecule has 1 unspecified atom stereocenters. The number of amides is 1. The molecule has 7 nitrogen and oxygen atoms in total. The maximum absolute atomic E-state index is 12.8. The summed E-state index contributed by atoms with van der Waals surface area (Å²) in [6, 6.07) is 20.8. The van der Waals surface area contributed by atoms with Crippen LogP contribution in [-0.2, 0) is 11.3 Å². The van der Waals surface area contributed by atoms with Gasteiger partial charge in [-0.05, 0) is 47.5 Å². The molecule has 35 heavy (non-hydrogen) atoms. The second kappa shape index (κ2) is 11.8. The summed E-state index contributed by atoms with van der Waals surface area (Å²) in [5.41, 5.74) is 3.20. The van der Waals surface area contributed by atoms with Crippen molar-refractivity contribution in [3.63, 3.8) is 0 Å². The molecule has 1 atom stereocenters. The highest BCUT2D eigenvalue weighted by molar-refractivity contribution is 6.29. The highest BCUT2D eigenvalue weighted by Crippen LogP contribution is 2.25. The SMILES string of the molecule is COc1cccc(C(CN2CCN(C(=O)c3ccc(Cl)nc3)CC2)OCc2ccc(C#N)cc2)c1. The zero-order valence-corrected chi connectivity index (χ0v) is 20.3. The molecule has 1 aliphatic heterocycles. The quantitative estimate of drug-likeness (QED) is 0.437. The zero-order valence-electron chi connectivity index (χ0n) is 19.6. The molecule has 0 saturated carbocycles. The second-order valence-corrected chi connectivity index (χ2v) is 8.73. The molecule has 0 bridgehead atoms. The Labute approximate surface area is 210 Å². The van der Waals surface area contributed by atoms with E-state index >= 15 is 0 Å². The Bertz CT molecular complexity index is 1170. The lowest BCUT2D eigenvalue weighted by molar-refractivity contribution is 0.00333. The molecular formula is C27H27ClN4O3. The number of hydrogen-bond donors (Lipinski definition) is 0. The first kappa shape index (κ1) is 24.7. The van der Waals surface area contributed by atoms with Gasteiger partial charge in [-0.3, -0.25) is 9.69 Å². The highest BCUT2D eigenvalue weighted by Gasteiger charge is 2.25. The molecule has 1 amide bonds. The number of pyridine rings is 1. The van der Waals surface area contributed by atoms with Crippen LogP contribution in [0, 0.1) is 11.3 Å². The minimum absolute atomic E-state index is 0.0322. The van der Waals surface area contributed by atoms with E-state index in [1.807, 2.05) is 41.3 Å². The fourth-order valence-electron chi connectivity index (χ4n) is 4.02. The third-order valence-electron chi connectivity index (χ3n) is 6.06. The second-order valence-electron chi connectivity index (χ2n) is 8.35. The molecule has 1 saturated heterocycles. The monoisotopic (exact) mass is 490 g/mol. The summed E-state index contributed by atoms with van der Waals surface area (Å²) in [4.78, 5) is 21.0. The number of benzene rings is 2. The van der Waals surface area contributed by atoms with E-state index in [4.69, 9.17) is 26.3 Å². The van der Waals surface area contributed by atoms with Crippen molar-refractivity contribution in [1.29, 1.82) is 5.26 Å². The first-order valence-corrected chi connectivity index (χ1v) is 11.8. The molecule has 8 heteroatoms.